The highest BCUT2D eigenvalue weighted by molar-refractivity contribution is 7.14. The number of methoxy groups -OCH3 is 2. The van der Waals surface area contributed by atoms with Gasteiger partial charge in [-0.15, -0.1) is 11.3 Å². The number of halogens is 2. The largest absolute Gasteiger partial charge is 0.497 e. The Labute approximate surface area is 182 Å². The highest BCUT2D eigenvalue weighted by Gasteiger charge is 2.10. The Bertz CT molecular complexity index is 1050. The molecular formula is C22H20F2N2O4S. The molecule has 1 N–H and O–H groups in total. The van der Waals surface area contributed by atoms with Gasteiger partial charge < -0.3 is 14.2 Å². The van der Waals surface area contributed by atoms with Crippen molar-refractivity contribution in [3.8, 4) is 28.5 Å². The zero-order valence-corrected chi connectivity index (χ0v) is 17.6. The molecule has 0 radical (unpaired) electrons. The predicted octanol–water partition coefficient (Wildman–Crippen LogP) is 5.12. The summed E-state index contributed by atoms with van der Waals surface area (Å²) in [5.74, 6) is 0.904. The Kier molecular flexibility index (Phi) is 7.55. The topological polar surface area (TPSA) is 69.7 Å². The van der Waals surface area contributed by atoms with Crippen LogP contribution in [0.5, 0.6) is 17.2 Å². The Morgan fingerprint density at radius 3 is 2.58 bits per heavy atom. The molecule has 2 aromatic carbocycles. The van der Waals surface area contributed by atoms with Crippen LogP contribution in [0.25, 0.3) is 17.3 Å². The second-order valence-corrected chi connectivity index (χ2v) is 7.06. The average Bonchev–Trinajstić information content (AvgIpc) is 3.24. The van der Waals surface area contributed by atoms with E-state index in [1.807, 2.05) is 29.6 Å². The Hall–Kier alpha value is -3.46. The molecule has 3 aromatic rings. The molecule has 6 nitrogen and oxygen atoms in total. The number of carbonyl (C=O) groups excluding carboxylic acids is 1. The fourth-order valence-corrected chi connectivity index (χ4v) is 3.33. The van der Waals surface area contributed by atoms with Crippen molar-refractivity contribution >= 4 is 28.5 Å². The van der Waals surface area contributed by atoms with E-state index < -0.39 is 13.0 Å². The zero-order valence-electron chi connectivity index (χ0n) is 16.8. The predicted molar refractivity (Wildman–Crippen MR) is 116 cm³/mol. The third-order valence-corrected chi connectivity index (χ3v) is 4.86. The molecule has 0 spiro atoms. The number of nitrogens with zero attached hydrogens (tertiary/aromatic N) is 1. The maximum Gasteiger partial charge on any atom is 0.272 e. The highest BCUT2D eigenvalue weighted by Crippen LogP contribution is 2.29. The molecule has 0 aliphatic carbocycles. The number of amides is 1. The van der Waals surface area contributed by atoms with Crippen molar-refractivity contribution in [1.29, 1.82) is 0 Å². The van der Waals surface area contributed by atoms with Gasteiger partial charge in [-0.1, -0.05) is 6.07 Å². The molecule has 9 heteroatoms. The van der Waals surface area contributed by atoms with Gasteiger partial charge in [0.1, 0.15) is 12.4 Å². The highest BCUT2D eigenvalue weighted by atomic mass is 32.1. The third-order valence-electron chi connectivity index (χ3n) is 4.10. The normalized spacial score (nSPS) is 11.0. The Morgan fingerprint density at radius 2 is 1.90 bits per heavy atom. The van der Waals surface area contributed by atoms with Crippen LogP contribution in [0, 0.1) is 0 Å². The van der Waals surface area contributed by atoms with Gasteiger partial charge in [0.15, 0.2) is 16.6 Å². The van der Waals surface area contributed by atoms with Crippen LogP contribution in [0.3, 0.4) is 0 Å². The summed E-state index contributed by atoms with van der Waals surface area (Å²) in [6.07, 6.45) is 0.347. The van der Waals surface area contributed by atoms with E-state index in [9.17, 15) is 13.6 Å². The Balaban J connectivity index is 1.62. The van der Waals surface area contributed by atoms with Crippen LogP contribution in [-0.4, -0.2) is 38.1 Å². The number of ether oxygens (including phenoxy) is 3. The molecule has 1 amide bonds. The van der Waals surface area contributed by atoms with E-state index in [1.165, 1.54) is 30.6 Å². The number of rotatable bonds is 9. The number of hydrogen-bond donors (Lipinski definition) is 1. The lowest BCUT2D eigenvalue weighted by molar-refractivity contribution is -0.111. The summed E-state index contributed by atoms with van der Waals surface area (Å²) in [6, 6.07) is 12.2. The van der Waals surface area contributed by atoms with E-state index in [1.54, 1.807) is 25.3 Å². The van der Waals surface area contributed by atoms with Crippen molar-refractivity contribution in [3.05, 3.63) is 59.5 Å². The molecule has 0 saturated carbocycles. The first kappa shape index (κ1) is 22.2. The molecule has 0 fully saturated rings. The number of anilines is 1. The summed E-state index contributed by atoms with van der Waals surface area (Å²) in [5.41, 5.74) is 2.31. The minimum absolute atomic E-state index is 0.207. The maximum atomic E-state index is 12.3. The van der Waals surface area contributed by atoms with Gasteiger partial charge in [-0.2, -0.15) is 0 Å². The van der Waals surface area contributed by atoms with Crippen molar-refractivity contribution in [3.63, 3.8) is 0 Å². The molecule has 162 valence electrons. The summed E-state index contributed by atoms with van der Waals surface area (Å²) in [7, 11) is 3.01. The average molecular weight is 446 g/mol. The van der Waals surface area contributed by atoms with Crippen molar-refractivity contribution < 1.29 is 27.8 Å². The molecule has 0 unspecified atom stereocenters. The van der Waals surface area contributed by atoms with Crippen LogP contribution >= 0.6 is 11.3 Å². The van der Waals surface area contributed by atoms with Gasteiger partial charge in [0.2, 0.25) is 5.91 Å². The van der Waals surface area contributed by atoms with Gasteiger partial charge in [-0.25, -0.2) is 13.8 Å². The number of alkyl halides is 2. The molecule has 0 aliphatic rings. The van der Waals surface area contributed by atoms with Gasteiger partial charge in [-0.05, 0) is 48.0 Å². The van der Waals surface area contributed by atoms with Gasteiger partial charge >= 0.3 is 0 Å². The van der Waals surface area contributed by atoms with E-state index in [0.29, 0.717) is 16.4 Å². The second-order valence-electron chi connectivity index (χ2n) is 6.20. The summed E-state index contributed by atoms with van der Waals surface area (Å²) < 4.78 is 40.0. The molecule has 1 aromatic heterocycles. The molecule has 31 heavy (non-hydrogen) atoms. The van der Waals surface area contributed by atoms with Gasteiger partial charge in [0.05, 0.1) is 19.9 Å². The van der Waals surface area contributed by atoms with Crippen LogP contribution < -0.4 is 19.5 Å². The van der Waals surface area contributed by atoms with Crippen molar-refractivity contribution in [2.75, 3.05) is 26.1 Å². The number of aromatic nitrogens is 1. The van der Waals surface area contributed by atoms with Crippen molar-refractivity contribution in [2.45, 2.75) is 6.43 Å². The number of hydrogen-bond acceptors (Lipinski definition) is 6. The molecule has 1 heterocycles. The van der Waals surface area contributed by atoms with E-state index in [0.717, 1.165) is 17.0 Å². The second kappa shape index (κ2) is 10.5. The van der Waals surface area contributed by atoms with Gasteiger partial charge in [0.25, 0.3) is 6.43 Å². The quantitative estimate of drug-likeness (QED) is 0.462. The number of benzene rings is 2. The molecule has 0 atom stereocenters. The minimum atomic E-state index is -2.58. The lowest BCUT2D eigenvalue weighted by Gasteiger charge is -2.10. The number of carbonyl (C=O) groups is 1. The van der Waals surface area contributed by atoms with Crippen molar-refractivity contribution in [2.24, 2.45) is 0 Å². The SMILES string of the molecule is COc1ccc(-c2csc(NC(=O)C=Cc3ccc(OCC(F)F)c(OC)c3)n2)cc1. The summed E-state index contributed by atoms with van der Waals surface area (Å²) in [6.45, 7) is -0.722. The van der Waals surface area contributed by atoms with Gasteiger partial charge in [-0.3, -0.25) is 10.1 Å². The third kappa shape index (κ3) is 6.26. The fourth-order valence-electron chi connectivity index (χ4n) is 2.60. The van der Waals surface area contributed by atoms with E-state index >= 15 is 0 Å². The smallest absolute Gasteiger partial charge is 0.272 e. The standard InChI is InChI=1S/C22H20F2N2O4S/c1-28-16-7-5-15(6-8-16)17-13-31-22(25-17)26-21(27)10-4-14-3-9-18(19(11-14)29-2)30-12-20(23)24/h3-11,13,20H,12H2,1-2H3,(H,25,26,27). The Morgan fingerprint density at radius 1 is 1.13 bits per heavy atom. The maximum absolute atomic E-state index is 12.3. The molecule has 0 saturated heterocycles. The van der Waals surface area contributed by atoms with E-state index in [4.69, 9.17) is 14.2 Å². The number of thiazole rings is 1. The summed E-state index contributed by atoms with van der Waals surface area (Å²) in [4.78, 5) is 16.6. The van der Waals surface area contributed by atoms with E-state index in [-0.39, 0.29) is 11.7 Å². The van der Waals surface area contributed by atoms with Crippen molar-refractivity contribution in [1.82, 2.24) is 4.98 Å². The first-order chi connectivity index (χ1) is 15.0. The summed E-state index contributed by atoms with van der Waals surface area (Å²) >= 11 is 1.31. The van der Waals surface area contributed by atoms with Gasteiger partial charge in [0, 0.05) is 17.0 Å². The monoisotopic (exact) mass is 446 g/mol. The first-order valence-electron chi connectivity index (χ1n) is 9.16. The van der Waals surface area contributed by atoms with Crippen LogP contribution in [0.4, 0.5) is 13.9 Å². The molecular weight excluding hydrogens is 426 g/mol. The molecule has 3 rings (SSSR count). The first-order valence-corrected chi connectivity index (χ1v) is 10.0. The van der Waals surface area contributed by atoms with Crippen LogP contribution in [0.1, 0.15) is 5.56 Å². The molecule has 0 bridgehead atoms. The molecule has 0 aliphatic heterocycles. The van der Waals surface area contributed by atoms with E-state index in [2.05, 4.69) is 10.3 Å². The summed E-state index contributed by atoms with van der Waals surface area (Å²) in [5, 5.41) is 5.03. The van der Waals surface area contributed by atoms with Crippen LogP contribution in [0.2, 0.25) is 0 Å². The lowest BCUT2D eigenvalue weighted by atomic mass is 10.2. The lowest BCUT2D eigenvalue weighted by Crippen LogP contribution is -2.08. The number of nitrogens with one attached hydrogen (secondary N) is 1. The van der Waals surface area contributed by atoms with Crippen LogP contribution in [0.15, 0.2) is 53.9 Å². The van der Waals surface area contributed by atoms with Crippen LogP contribution in [-0.2, 0) is 4.79 Å². The zero-order chi connectivity index (χ0) is 22.2. The minimum Gasteiger partial charge on any atom is -0.497 e. The fraction of sp³-hybridized carbons (Fsp3) is 0.182.